The fraction of sp³-hybridized carbons (Fsp3) is 0.294. The molecule has 46 heavy (non-hydrogen) atoms. The number of ether oxygens (including phenoxy) is 1. The van der Waals surface area contributed by atoms with Crippen molar-refractivity contribution in [3.05, 3.63) is 117 Å². The van der Waals surface area contributed by atoms with Crippen LogP contribution < -0.4 is 10.1 Å². The molecule has 3 amide bonds. The van der Waals surface area contributed by atoms with Crippen molar-refractivity contribution in [1.29, 1.82) is 0 Å². The van der Waals surface area contributed by atoms with Crippen molar-refractivity contribution in [3.8, 4) is 5.75 Å². The van der Waals surface area contributed by atoms with Crippen LogP contribution in [0.3, 0.4) is 0 Å². The number of rotatable bonds is 12. The zero-order valence-corrected chi connectivity index (χ0v) is 27.2. The Balaban J connectivity index is 1.32. The van der Waals surface area contributed by atoms with Gasteiger partial charge in [0, 0.05) is 34.5 Å². The molecule has 3 aromatic carbocycles. The predicted octanol–water partition coefficient (Wildman–Crippen LogP) is 5.23. The summed E-state index contributed by atoms with van der Waals surface area (Å²) in [5, 5.41) is 27.1. The third kappa shape index (κ3) is 8.25. The Morgan fingerprint density at radius 2 is 1.78 bits per heavy atom. The van der Waals surface area contributed by atoms with Gasteiger partial charge in [-0.05, 0) is 54.8 Å². The normalized spacial score (nSPS) is 15.6. The van der Waals surface area contributed by atoms with Gasteiger partial charge in [0.2, 0.25) is 0 Å². The fourth-order valence-corrected chi connectivity index (χ4v) is 7.46. The average Bonchev–Trinajstić information content (AvgIpc) is 3.73. The van der Waals surface area contributed by atoms with Crippen LogP contribution in [0, 0.1) is 6.92 Å². The van der Waals surface area contributed by atoms with Gasteiger partial charge in [-0.3, -0.25) is 9.59 Å². The summed E-state index contributed by atoms with van der Waals surface area (Å²) in [6, 6.07) is 22.0. The minimum atomic E-state index is -1.24. The summed E-state index contributed by atoms with van der Waals surface area (Å²) in [5.74, 6) is 1.21. The van der Waals surface area contributed by atoms with E-state index in [1.807, 2.05) is 42.6 Å². The lowest BCUT2D eigenvalue weighted by Crippen LogP contribution is -2.50. The van der Waals surface area contributed by atoms with Crippen molar-refractivity contribution >= 4 is 41.0 Å². The summed E-state index contributed by atoms with van der Waals surface area (Å²) in [4.78, 5) is 46.9. The molecule has 2 heterocycles. The second kappa shape index (κ2) is 15.3. The van der Waals surface area contributed by atoms with Gasteiger partial charge in [-0.15, -0.1) is 23.1 Å². The number of methoxy groups -OCH3 is 1. The SMILES string of the molecule is COc1cccc(CN(C[C@@H](O)C(Cc2ccccc2)NC(=O)c2cccc(C(=O)N3CSC[C@@H]3c3nc(C)cs3)c2)C(=O)O)c1. The first-order valence-corrected chi connectivity index (χ1v) is 16.8. The maximum atomic E-state index is 13.6. The molecule has 5 rings (SSSR count). The Labute approximate surface area is 276 Å². The molecule has 1 unspecified atom stereocenters. The quantitative estimate of drug-likeness (QED) is 0.188. The number of aryl methyl sites for hydroxylation is 1. The molecule has 3 N–H and O–H groups in total. The number of benzene rings is 3. The topological polar surface area (TPSA) is 132 Å². The number of aliphatic hydroxyl groups is 1. The first kappa shape index (κ1) is 33.0. The molecule has 3 atom stereocenters. The first-order chi connectivity index (χ1) is 22.2. The minimum absolute atomic E-state index is 0.0239. The highest BCUT2D eigenvalue weighted by Gasteiger charge is 2.33. The monoisotopic (exact) mass is 660 g/mol. The van der Waals surface area contributed by atoms with E-state index in [0.29, 0.717) is 22.8 Å². The number of thiazole rings is 1. The third-order valence-corrected chi connectivity index (χ3v) is 9.78. The van der Waals surface area contributed by atoms with Crippen LogP contribution in [0.15, 0.2) is 84.2 Å². The Bertz CT molecular complexity index is 1670. The van der Waals surface area contributed by atoms with Crippen molar-refractivity contribution < 1.29 is 29.3 Å². The van der Waals surface area contributed by atoms with Crippen molar-refractivity contribution in [2.45, 2.75) is 38.1 Å². The average molecular weight is 661 g/mol. The van der Waals surface area contributed by atoms with Crippen LogP contribution in [0.1, 0.15) is 48.6 Å². The summed E-state index contributed by atoms with van der Waals surface area (Å²) < 4.78 is 5.26. The smallest absolute Gasteiger partial charge is 0.407 e. The van der Waals surface area contributed by atoms with Gasteiger partial charge < -0.3 is 30.1 Å². The number of hydrogen-bond donors (Lipinski definition) is 3. The van der Waals surface area contributed by atoms with E-state index in [-0.39, 0.29) is 37.0 Å². The van der Waals surface area contributed by atoms with Gasteiger partial charge in [0.15, 0.2) is 0 Å². The number of hydrogen-bond acceptors (Lipinski definition) is 8. The standard InChI is InChI=1S/C34H36N4O6S2/c1-22-19-46-32(35-22)29-20-45-21-38(29)33(41)26-12-7-11-25(16-26)31(40)36-28(15-23-8-4-3-5-9-23)30(39)18-37(34(42)43)17-24-10-6-13-27(14-24)44-2/h3-14,16,19,28-30,39H,15,17-18,20-21H2,1-2H3,(H,36,40)(H,42,43)/t28?,29-,30-/m1/s1. The number of aliphatic hydroxyl groups excluding tert-OH is 1. The number of carboxylic acid groups (broad SMARTS) is 1. The molecule has 0 spiro atoms. The molecule has 1 aliphatic heterocycles. The number of aromatic nitrogens is 1. The van der Waals surface area contributed by atoms with Crippen molar-refractivity contribution in [2.75, 3.05) is 25.3 Å². The Hall–Kier alpha value is -4.39. The zero-order valence-electron chi connectivity index (χ0n) is 25.5. The summed E-state index contributed by atoms with van der Waals surface area (Å²) >= 11 is 3.20. The minimum Gasteiger partial charge on any atom is -0.497 e. The molecule has 1 aliphatic rings. The summed E-state index contributed by atoms with van der Waals surface area (Å²) in [5.41, 5.74) is 3.12. The fourth-order valence-electron chi connectivity index (χ4n) is 5.29. The van der Waals surface area contributed by atoms with Crippen LogP contribution in [0.2, 0.25) is 0 Å². The maximum Gasteiger partial charge on any atom is 0.407 e. The van der Waals surface area contributed by atoms with E-state index in [1.165, 1.54) is 18.4 Å². The molecule has 10 nitrogen and oxygen atoms in total. The van der Waals surface area contributed by atoms with Gasteiger partial charge in [0.05, 0.1) is 37.7 Å². The van der Waals surface area contributed by atoms with Crippen molar-refractivity contribution in [1.82, 2.24) is 20.1 Å². The molecular formula is C34H36N4O6S2. The lowest BCUT2D eigenvalue weighted by Gasteiger charge is -2.29. The Kier molecular flexibility index (Phi) is 10.9. The van der Waals surface area contributed by atoms with Crippen LogP contribution >= 0.6 is 23.1 Å². The van der Waals surface area contributed by atoms with Crippen LogP contribution in [0.5, 0.6) is 5.75 Å². The molecule has 0 aliphatic carbocycles. The van der Waals surface area contributed by atoms with Gasteiger partial charge in [-0.2, -0.15) is 0 Å². The van der Waals surface area contributed by atoms with Crippen molar-refractivity contribution in [2.24, 2.45) is 0 Å². The van der Waals surface area contributed by atoms with Crippen molar-refractivity contribution in [3.63, 3.8) is 0 Å². The van der Waals surface area contributed by atoms with E-state index >= 15 is 0 Å². The summed E-state index contributed by atoms with van der Waals surface area (Å²) in [6.45, 7) is 1.71. The van der Waals surface area contributed by atoms with E-state index in [0.717, 1.165) is 26.9 Å². The molecule has 0 radical (unpaired) electrons. The highest BCUT2D eigenvalue weighted by Crippen LogP contribution is 2.35. The zero-order chi connectivity index (χ0) is 32.6. The summed E-state index contributed by atoms with van der Waals surface area (Å²) in [6.07, 6.45) is -2.18. The molecule has 1 aromatic heterocycles. The summed E-state index contributed by atoms with van der Waals surface area (Å²) in [7, 11) is 1.53. The molecule has 12 heteroatoms. The van der Waals surface area contributed by atoms with Gasteiger partial charge in [-0.25, -0.2) is 9.78 Å². The van der Waals surface area contributed by atoms with Gasteiger partial charge >= 0.3 is 6.09 Å². The molecule has 1 saturated heterocycles. The highest BCUT2D eigenvalue weighted by molar-refractivity contribution is 7.99. The maximum absolute atomic E-state index is 13.6. The molecule has 4 aromatic rings. The molecule has 0 saturated carbocycles. The molecule has 0 bridgehead atoms. The molecule has 240 valence electrons. The van der Waals surface area contributed by atoms with Gasteiger partial charge in [-0.1, -0.05) is 48.5 Å². The lowest BCUT2D eigenvalue weighted by molar-refractivity contribution is 0.0640. The number of nitrogens with one attached hydrogen (secondary N) is 1. The lowest BCUT2D eigenvalue weighted by atomic mass is 9.99. The first-order valence-electron chi connectivity index (χ1n) is 14.8. The van der Waals surface area contributed by atoms with Crippen LogP contribution in [-0.4, -0.2) is 80.3 Å². The number of amides is 3. The Morgan fingerprint density at radius 1 is 1.04 bits per heavy atom. The number of nitrogens with zero attached hydrogens (tertiary/aromatic N) is 3. The van der Waals surface area contributed by atoms with Crippen LogP contribution in [0.25, 0.3) is 0 Å². The second-order valence-corrected chi connectivity index (χ2v) is 12.9. The highest BCUT2D eigenvalue weighted by atomic mass is 32.2. The van der Waals surface area contributed by atoms with E-state index < -0.39 is 24.1 Å². The predicted molar refractivity (Wildman–Crippen MR) is 178 cm³/mol. The van der Waals surface area contributed by atoms with E-state index in [4.69, 9.17) is 4.74 Å². The van der Waals surface area contributed by atoms with E-state index in [9.17, 15) is 24.6 Å². The molecule has 1 fully saturated rings. The van der Waals surface area contributed by atoms with E-state index in [2.05, 4.69) is 10.3 Å². The van der Waals surface area contributed by atoms with E-state index in [1.54, 1.807) is 65.2 Å². The number of carbonyl (C=O) groups excluding carboxylic acids is 2. The second-order valence-electron chi connectivity index (χ2n) is 11.1. The van der Waals surface area contributed by atoms with Crippen LogP contribution in [0.4, 0.5) is 4.79 Å². The number of thioether (sulfide) groups is 1. The Morgan fingerprint density at radius 3 is 2.50 bits per heavy atom. The third-order valence-electron chi connectivity index (χ3n) is 7.70. The largest absolute Gasteiger partial charge is 0.497 e. The van der Waals surface area contributed by atoms with Gasteiger partial charge in [0.25, 0.3) is 11.8 Å². The molecular weight excluding hydrogens is 625 g/mol. The van der Waals surface area contributed by atoms with Crippen LogP contribution in [-0.2, 0) is 13.0 Å². The number of carbonyl (C=O) groups is 3. The van der Waals surface area contributed by atoms with Gasteiger partial charge in [0.1, 0.15) is 10.8 Å².